The number of halogens is 5. The quantitative estimate of drug-likeness (QED) is 0.353. The molecule has 6 nitrogen and oxygen atoms in total. The van der Waals surface area contributed by atoms with Crippen LogP contribution in [0.25, 0.3) is 0 Å². The highest BCUT2D eigenvalue weighted by atomic mass is 19.4. The van der Waals surface area contributed by atoms with Gasteiger partial charge in [-0.25, -0.2) is 0 Å². The molecule has 0 aliphatic carbocycles. The fourth-order valence-corrected chi connectivity index (χ4v) is 0.933. The van der Waals surface area contributed by atoms with Gasteiger partial charge in [-0.15, -0.1) is 0 Å². The first-order chi connectivity index (χ1) is 8.49. The topological polar surface area (TPSA) is 99.4 Å². The lowest BCUT2D eigenvalue weighted by Gasteiger charge is -2.30. The summed E-state index contributed by atoms with van der Waals surface area (Å²) in [5.41, 5.74) is 0. The average Bonchev–Trinajstić information content (AvgIpc) is 2.27. The lowest BCUT2D eigenvalue weighted by molar-refractivity contribution is -0.334. The van der Waals surface area contributed by atoms with Crippen LogP contribution in [0.4, 0.5) is 22.0 Å². The minimum atomic E-state index is -5.70. The lowest BCUT2D eigenvalue weighted by atomic mass is 10.3. The molecule has 0 spiro atoms. The van der Waals surface area contributed by atoms with Gasteiger partial charge in [-0.3, -0.25) is 0 Å². The molecule has 0 aromatic carbocycles. The molecule has 4 N–H and O–H groups in total. The molecule has 1 heterocycles. The van der Waals surface area contributed by atoms with Gasteiger partial charge in [0.1, 0.15) is 6.26 Å². The van der Waals surface area contributed by atoms with Crippen molar-refractivity contribution in [2.45, 2.75) is 12.1 Å². The number of ether oxygens (including phenoxy) is 2. The standard InChI is InChI=1S/C8H5F5O6/c9-6(10)5(7(11,12)13)19-8(17)4(16)3(15)2(14)1-18-8/h1,14-17H. The van der Waals surface area contributed by atoms with Crippen molar-refractivity contribution in [3.05, 3.63) is 35.4 Å². The van der Waals surface area contributed by atoms with Crippen LogP contribution in [0.2, 0.25) is 0 Å². The van der Waals surface area contributed by atoms with Gasteiger partial charge in [-0.1, -0.05) is 0 Å². The monoisotopic (exact) mass is 292 g/mol. The fourth-order valence-electron chi connectivity index (χ4n) is 0.933. The normalized spacial score (nSPS) is 23.6. The van der Waals surface area contributed by atoms with E-state index in [0.29, 0.717) is 0 Å². The Kier molecular flexibility index (Phi) is 3.52. The van der Waals surface area contributed by atoms with Gasteiger partial charge in [0.25, 0.3) is 11.5 Å². The Bertz CT molecular complexity index is 475. The molecule has 1 atom stereocenters. The van der Waals surface area contributed by atoms with Crippen molar-refractivity contribution in [1.29, 1.82) is 0 Å². The van der Waals surface area contributed by atoms with E-state index in [9.17, 15) is 27.1 Å². The highest BCUT2D eigenvalue weighted by Gasteiger charge is 2.51. The van der Waals surface area contributed by atoms with Crippen LogP contribution in [0.3, 0.4) is 0 Å². The summed E-state index contributed by atoms with van der Waals surface area (Å²) in [6.45, 7) is 0. The van der Waals surface area contributed by atoms with E-state index >= 15 is 0 Å². The summed E-state index contributed by atoms with van der Waals surface area (Å²) in [6, 6.07) is 0. The van der Waals surface area contributed by atoms with Gasteiger partial charge < -0.3 is 29.9 Å². The van der Waals surface area contributed by atoms with Gasteiger partial charge in [-0.05, 0) is 0 Å². The van der Waals surface area contributed by atoms with Crippen LogP contribution in [0.15, 0.2) is 35.4 Å². The van der Waals surface area contributed by atoms with Crippen molar-refractivity contribution < 1.29 is 51.9 Å². The number of aliphatic hydroxyl groups excluding tert-OH is 3. The first-order valence-electron chi connectivity index (χ1n) is 4.23. The van der Waals surface area contributed by atoms with E-state index in [1.165, 1.54) is 0 Å². The summed E-state index contributed by atoms with van der Waals surface area (Å²) in [6.07, 6.45) is -8.97. The SMILES string of the molecule is OC1=COC(O)(OC(=C(F)F)C(F)(F)F)C(O)=C1O. The summed E-state index contributed by atoms with van der Waals surface area (Å²) in [5.74, 6) is -11.2. The number of allylic oxidation sites excluding steroid dienone is 1. The van der Waals surface area contributed by atoms with Crippen LogP contribution in [0.1, 0.15) is 0 Å². The third kappa shape index (κ3) is 2.81. The molecule has 0 aromatic rings. The molecule has 108 valence electrons. The number of rotatable bonds is 2. The van der Waals surface area contributed by atoms with E-state index in [4.69, 9.17) is 15.3 Å². The maximum absolute atomic E-state index is 12.1. The highest BCUT2D eigenvalue weighted by Crippen LogP contribution is 2.37. The molecule has 0 saturated heterocycles. The maximum atomic E-state index is 12.1. The fraction of sp³-hybridized carbons (Fsp3) is 0.250. The van der Waals surface area contributed by atoms with Gasteiger partial charge in [0.05, 0.1) is 0 Å². The number of aliphatic hydroxyl groups is 4. The van der Waals surface area contributed by atoms with Crippen LogP contribution in [-0.4, -0.2) is 32.6 Å². The Hall–Kier alpha value is -2.17. The predicted octanol–water partition coefficient (Wildman–Crippen LogP) is 2.08. The van der Waals surface area contributed by atoms with Gasteiger partial charge in [-0.2, -0.15) is 22.0 Å². The van der Waals surface area contributed by atoms with Crippen LogP contribution in [-0.2, 0) is 9.47 Å². The summed E-state index contributed by atoms with van der Waals surface area (Å²) in [4.78, 5) is 0. The molecule has 19 heavy (non-hydrogen) atoms. The third-order valence-electron chi connectivity index (χ3n) is 1.77. The Balaban J connectivity index is 3.16. The molecule has 0 aromatic heterocycles. The average molecular weight is 292 g/mol. The van der Waals surface area contributed by atoms with Gasteiger partial charge in [0.2, 0.25) is 5.76 Å². The predicted molar refractivity (Wildman–Crippen MR) is 45.4 cm³/mol. The van der Waals surface area contributed by atoms with Crippen LogP contribution >= 0.6 is 0 Å². The highest BCUT2D eigenvalue weighted by molar-refractivity contribution is 5.25. The van der Waals surface area contributed by atoms with Crippen molar-refractivity contribution in [1.82, 2.24) is 0 Å². The molecule has 1 unspecified atom stereocenters. The van der Waals surface area contributed by atoms with Crippen LogP contribution < -0.4 is 0 Å². The first kappa shape index (κ1) is 14.9. The zero-order valence-corrected chi connectivity index (χ0v) is 8.57. The van der Waals surface area contributed by atoms with Gasteiger partial charge >= 0.3 is 18.2 Å². The second kappa shape index (κ2) is 4.50. The smallest absolute Gasteiger partial charge is 0.454 e. The minimum absolute atomic E-state index is 0.0825. The molecule has 0 fully saturated rings. The van der Waals surface area contributed by atoms with Gasteiger partial charge in [0, 0.05) is 0 Å². The number of alkyl halides is 3. The molecular weight excluding hydrogens is 287 g/mol. The van der Waals surface area contributed by atoms with Crippen molar-refractivity contribution in [3.63, 3.8) is 0 Å². The van der Waals surface area contributed by atoms with E-state index in [1.807, 2.05) is 0 Å². The van der Waals surface area contributed by atoms with Crippen LogP contribution in [0.5, 0.6) is 0 Å². The van der Waals surface area contributed by atoms with E-state index in [0.717, 1.165) is 0 Å². The molecule has 0 saturated carbocycles. The summed E-state index contributed by atoms with van der Waals surface area (Å²) >= 11 is 0. The first-order valence-corrected chi connectivity index (χ1v) is 4.23. The van der Waals surface area contributed by atoms with Crippen molar-refractivity contribution in [3.8, 4) is 0 Å². The Morgan fingerprint density at radius 3 is 2.16 bits per heavy atom. The zero-order valence-electron chi connectivity index (χ0n) is 8.57. The van der Waals surface area contributed by atoms with Gasteiger partial charge in [0.15, 0.2) is 5.76 Å². The van der Waals surface area contributed by atoms with E-state index in [-0.39, 0.29) is 6.26 Å². The third-order valence-corrected chi connectivity index (χ3v) is 1.77. The number of hydrogen-bond acceptors (Lipinski definition) is 6. The van der Waals surface area contributed by atoms with Crippen molar-refractivity contribution in [2.24, 2.45) is 0 Å². The summed E-state index contributed by atoms with van der Waals surface area (Å²) in [5, 5.41) is 36.1. The van der Waals surface area contributed by atoms with Crippen molar-refractivity contribution in [2.75, 3.05) is 0 Å². The molecule has 1 aliphatic rings. The second-order valence-corrected chi connectivity index (χ2v) is 3.09. The summed E-state index contributed by atoms with van der Waals surface area (Å²) in [7, 11) is 0. The maximum Gasteiger partial charge on any atom is 0.454 e. The van der Waals surface area contributed by atoms with E-state index < -0.39 is 41.3 Å². The van der Waals surface area contributed by atoms with Crippen molar-refractivity contribution >= 4 is 0 Å². The largest absolute Gasteiger partial charge is 0.502 e. The van der Waals surface area contributed by atoms with E-state index in [2.05, 4.69) is 9.47 Å². The molecular formula is C8H5F5O6. The molecule has 0 amide bonds. The lowest BCUT2D eigenvalue weighted by Crippen LogP contribution is -2.41. The zero-order chi connectivity index (χ0) is 15.0. The summed E-state index contributed by atoms with van der Waals surface area (Å²) < 4.78 is 67.9. The minimum Gasteiger partial charge on any atom is -0.502 e. The molecule has 0 radical (unpaired) electrons. The van der Waals surface area contributed by atoms with E-state index in [1.54, 1.807) is 0 Å². The molecule has 1 rings (SSSR count). The molecule has 0 bridgehead atoms. The Morgan fingerprint density at radius 1 is 1.21 bits per heavy atom. The Labute approximate surface area is 100 Å². The molecule has 11 heteroatoms. The number of hydrogen-bond donors (Lipinski definition) is 4. The second-order valence-electron chi connectivity index (χ2n) is 3.09. The molecule has 1 aliphatic heterocycles. The Morgan fingerprint density at radius 2 is 1.74 bits per heavy atom. The van der Waals surface area contributed by atoms with Crippen LogP contribution in [0, 0.1) is 0 Å².